The Morgan fingerprint density at radius 2 is 0.333 bits per heavy atom. The Morgan fingerprint density at radius 3 is 0.333 bits per heavy atom. The molecule has 0 saturated heterocycles. The van der Waals surface area contributed by atoms with Gasteiger partial charge in [-0.2, -0.15) is 0 Å². The molecule has 0 unspecified atom stereocenters. The van der Waals surface area contributed by atoms with Crippen molar-refractivity contribution in [2.45, 2.75) is 0 Å². The topological polar surface area (TPSA) is 97.6 Å². The zero-order chi connectivity index (χ0) is 16.8. The van der Waals surface area contributed by atoms with Crippen LogP contribution in [0.3, 0.4) is 0 Å². The molecule has 0 heterocycles. The van der Waals surface area contributed by atoms with E-state index in [-0.39, 0.29) is 0 Å². The summed E-state index contributed by atoms with van der Waals surface area (Å²) in [6, 6.07) is 0. The van der Waals surface area contributed by atoms with Crippen LogP contribution in [-0.2, 0) is 18.9 Å². The molecule has 0 atom stereocenters. The smallest absolute Gasteiger partial charge is 0.0351 e. The molecule has 0 spiro atoms. The molecule has 122 valence electrons. The van der Waals surface area contributed by atoms with Crippen LogP contribution in [-0.4, -0.2) is 93.5 Å². The van der Waals surface area contributed by atoms with Crippen molar-refractivity contribution < 1.29 is 34.3 Å². The molecule has 0 aliphatic heterocycles. The first kappa shape index (κ1) is 43.1. The third kappa shape index (κ3) is 43400. The molecule has 0 aliphatic rings. The van der Waals surface area contributed by atoms with Crippen molar-refractivity contribution >= 4 is 0 Å². The molecule has 0 rings (SSSR count). The van der Waals surface area contributed by atoms with Crippen LogP contribution >= 0.6 is 0 Å². The Balaban J connectivity index is -0.0000000159. The van der Waals surface area contributed by atoms with E-state index in [1.165, 1.54) is 0 Å². The van der Waals surface area contributed by atoms with Crippen molar-refractivity contribution in [2.75, 3.05) is 78.2 Å². The molecule has 0 aromatic carbocycles. The molecular weight excluding hydrogens is 244 g/mol. The van der Waals surface area contributed by atoms with Crippen molar-refractivity contribution in [1.82, 2.24) is 0 Å². The highest BCUT2D eigenvalue weighted by molar-refractivity contribution is 3.57. The van der Waals surface area contributed by atoms with E-state index in [0.717, 1.165) is 21.3 Å². The minimum absolute atomic E-state index is 1.00. The maximum absolute atomic E-state index is 7.00. The van der Waals surface area contributed by atoms with Gasteiger partial charge in [-0.15, -0.1) is 0 Å². The lowest BCUT2D eigenvalue weighted by Gasteiger charge is -1.61. The maximum atomic E-state index is 7.00. The van der Waals surface area contributed by atoms with Gasteiger partial charge in [-0.25, -0.2) is 0 Å². The predicted molar refractivity (Wildman–Crippen MR) is 76.2 cm³/mol. The molecule has 0 aliphatic carbocycles. The van der Waals surface area contributed by atoms with E-state index in [4.69, 9.17) is 15.3 Å². The molecule has 0 aromatic rings. The predicted octanol–water partition coefficient (Wildman–Crippen LogP) is -0.124. The lowest BCUT2D eigenvalue weighted by atomic mass is 11.6. The van der Waals surface area contributed by atoms with Gasteiger partial charge >= 0.3 is 0 Å². The maximum Gasteiger partial charge on any atom is 0.0351 e. The number of aliphatic hydroxyl groups is 3. The quantitative estimate of drug-likeness (QED) is 0.569. The molecule has 18 heavy (non-hydrogen) atoms. The van der Waals surface area contributed by atoms with Gasteiger partial charge in [0, 0.05) is 78.2 Å². The molecule has 0 aromatic heterocycles. The SMILES string of the molecule is CO.CO.CO.COC.COC.COC.COC. The van der Waals surface area contributed by atoms with E-state index < -0.39 is 0 Å². The Morgan fingerprint density at radius 1 is 0.333 bits per heavy atom. The van der Waals surface area contributed by atoms with Crippen LogP contribution < -0.4 is 0 Å². The highest BCUT2D eigenvalue weighted by Crippen LogP contribution is 1.29. The summed E-state index contributed by atoms with van der Waals surface area (Å²) in [4.78, 5) is 0. The van der Waals surface area contributed by atoms with E-state index in [0.29, 0.717) is 0 Å². The van der Waals surface area contributed by atoms with Crippen LogP contribution in [0.5, 0.6) is 0 Å². The van der Waals surface area contributed by atoms with E-state index in [2.05, 4.69) is 18.9 Å². The second-order valence-corrected chi connectivity index (χ2v) is 1.63. The normalized spacial score (nSPS) is 5.00. The van der Waals surface area contributed by atoms with Gasteiger partial charge in [-0.05, 0) is 0 Å². The number of ether oxygens (including phenoxy) is 4. The lowest BCUT2D eigenvalue weighted by Crippen LogP contribution is -1.55. The zero-order valence-electron chi connectivity index (χ0n) is 14.0. The summed E-state index contributed by atoms with van der Waals surface area (Å²) in [5, 5.41) is 21.0. The first-order valence-electron chi connectivity index (χ1n) is 4.61. The van der Waals surface area contributed by atoms with Crippen molar-refractivity contribution in [3.8, 4) is 0 Å². The van der Waals surface area contributed by atoms with Gasteiger partial charge in [0.2, 0.25) is 0 Å². The molecule has 7 nitrogen and oxygen atoms in total. The third-order valence-corrected chi connectivity index (χ3v) is 0. The second-order valence-electron chi connectivity index (χ2n) is 1.63. The average Bonchev–Trinajstić information content (AvgIpc) is 2.40. The Kier molecular flexibility index (Phi) is 715. The van der Waals surface area contributed by atoms with Gasteiger partial charge in [-0.1, -0.05) is 0 Å². The molecule has 0 fully saturated rings. The molecule has 3 N–H and O–H groups in total. The van der Waals surface area contributed by atoms with E-state index in [1.54, 1.807) is 56.9 Å². The lowest BCUT2D eigenvalue weighted by molar-refractivity contribution is 0.277. The van der Waals surface area contributed by atoms with Crippen LogP contribution in [0.1, 0.15) is 0 Å². The minimum atomic E-state index is 1.00. The van der Waals surface area contributed by atoms with Crippen molar-refractivity contribution in [3.05, 3.63) is 0 Å². The molecule has 0 radical (unpaired) electrons. The van der Waals surface area contributed by atoms with Gasteiger partial charge in [0.1, 0.15) is 0 Å². The summed E-state index contributed by atoms with van der Waals surface area (Å²) in [6.07, 6.45) is 0. The van der Waals surface area contributed by atoms with Crippen molar-refractivity contribution in [2.24, 2.45) is 0 Å². The zero-order valence-corrected chi connectivity index (χ0v) is 14.0. The van der Waals surface area contributed by atoms with E-state index >= 15 is 0 Å². The summed E-state index contributed by atoms with van der Waals surface area (Å²) < 4.78 is 17.0. The molecule has 0 saturated carbocycles. The van der Waals surface area contributed by atoms with Crippen LogP contribution in [0.2, 0.25) is 0 Å². The standard InChI is InChI=1S/4C2H6O.3CH4O/c4*1-3-2;3*1-2/h4*1-2H3;3*2H,1H3. The fourth-order valence-corrected chi connectivity index (χ4v) is 0. The van der Waals surface area contributed by atoms with Gasteiger partial charge < -0.3 is 34.3 Å². The van der Waals surface area contributed by atoms with E-state index in [9.17, 15) is 0 Å². The summed E-state index contributed by atoms with van der Waals surface area (Å²) in [7, 11) is 16.0. The van der Waals surface area contributed by atoms with Crippen molar-refractivity contribution in [1.29, 1.82) is 0 Å². The Hall–Kier alpha value is -0.280. The minimum Gasteiger partial charge on any atom is -0.400 e. The summed E-state index contributed by atoms with van der Waals surface area (Å²) in [5.41, 5.74) is 0. The largest absolute Gasteiger partial charge is 0.400 e. The fourth-order valence-electron chi connectivity index (χ4n) is 0. The highest BCUT2D eigenvalue weighted by Gasteiger charge is 1.26. The molecule has 7 heteroatoms. The number of hydrogen-bond donors (Lipinski definition) is 3. The average molecular weight is 280 g/mol. The molecule has 0 bridgehead atoms. The summed E-state index contributed by atoms with van der Waals surface area (Å²) >= 11 is 0. The third-order valence-electron chi connectivity index (χ3n) is 0. The van der Waals surface area contributed by atoms with Gasteiger partial charge in [0.25, 0.3) is 0 Å². The first-order valence-corrected chi connectivity index (χ1v) is 4.61. The number of aliphatic hydroxyl groups excluding tert-OH is 3. The van der Waals surface area contributed by atoms with Gasteiger partial charge in [0.15, 0.2) is 0 Å². The Labute approximate surface area is 113 Å². The number of hydrogen-bond acceptors (Lipinski definition) is 7. The van der Waals surface area contributed by atoms with Crippen molar-refractivity contribution in [3.63, 3.8) is 0 Å². The monoisotopic (exact) mass is 280 g/mol. The van der Waals surface area contributed by atoms with Crippen LogP contribution in [0.4, 0.5) is 0 Å². The second kappa shape index (κ2) is 299. The summed E-state index contributed by atoms with van der Waals surface area (Å²) in [5.74, 6) is 0. The number of rotatable bonds is 0. The molecular formula is C11H36O7. The summed E-state index contributed by atoms with van der Waals surface area (Å²) in [6.45, 7) is 0. The number of methoxy groups -OCH3 is 4. The molecule has 0 amide bonds. The first-order chi connectivity index (χ1) is 8.66. The highest BCUT2D eigenvalue weighted by atomic mass is 16.5. The van der Waals surface area contributed by atoms with Crippen LogP contribution in [0.25, 0.3) is 0 Å². The van der Waals surface area contributed by atoms with Crippen LogP contribution in [0, 0.1) is 0 Å². The van der Waals surface area contributed by atoms with Crippen LogP contribution in [0.15, 0.2) is 0 Å². The van der Waals surface area contributed by atoms with Gasteiger partial charge in [0.05, 0.1) is 0 Å². The van der Waals surface area contributed by atoms with Gasteiger partial charge in [-0.3, -0.25) is 0 Å². The fraction of sp³-hybridized carbons (Fsp3) is 1.00. The Bertz CT molecular complexity index is 25.4. The van der Waals surface area contributed by atoms with E-state index in [1.807, 2.05) is 0 Å².